The van der Waals surface area contributed by atoms with Gasteiger partial charge in [0, 0.05) is 25.0 Å². The summed E-state index contributed by atoms with van der Waals surface area (Å²) in [5.41, 5.74) is 3.56. The van der Waals surface area contributed by atoms with Crippen molar-refractivity contribution in [1.29, 1.82) is 0 Å². The molecular formula is C11H15O3Zn+. The van der Waals surface area contributed by atoms with E-state index in [0.29, 0.717) is 5.56 Å². The fraction of sp³-hybridized carbons (Fsp3) is 0.364. The molecule has 0 bridgehead atoms. The van der Waals surface area contributed by atoms with Crippen LogP contribution in [0.2, 0.25) is 0 Å². The van der Waals surface area contributed by atoms with Crippen molar-refractivity contribution < 1.29 is 34.5 Å². The maximum absolute atomic E-state index is 10.9. The van der Waals surface area contributed by atoms with Gasteiger partial charge >= 0.3 is 5.97 Å². The fourth-order valence-corrected chi connectivity index (χ4v) is 1.58. The second-order valence-corrected chi connectivity index (χ2v) is 3.56. The summed E-state index contributed by atoms with van der Waals surface area (Å²) in [6, 6.07) is 0. The first-order chi connectivity index (χ1) is 6.37. The van der Waals surface area contributed by atoms with Crippen LogP contribution in [-0.2, 0) is 19.5 Å². The summed E-state index contributed by atoms with van der Waals surface area (Å²) < 4.78 is 0. The molecule has 0 spiro atoms. The molecule has 0 radical (unpaired) electrons. The minimum absolute atomic E-state index is 0. The normalized spacial score (nSPS) is 9.60. The van der Waals surface area contributed by atoms with Gasteiger partial charge in [-0.3, -0.25) is 0 Å². The number of aromatic carboxylic acids is 1. The maximum Gasteiger partial charge on any atom is 0.345 e. The van der Waals surface area contributed by atoms with Gasteiger partial charge in [-0.1, -0.05) is 0 Å². The van der Waals surface area contributed by atoms with Crippen molar-refractivity contribution in [3.63, 3.8) is 0 Å². The van der Waals surface area contributed by atoms with Crippen LogP contribution in [0.1, 0.15) is 32.6 Å². The molecule has 1 aromatic rings. The number of carboxylic acids is 1. The molecule has 0 aliphatic rings. The van der Waals surface area contributed by atoms with Crippen LogP contribution in [-0.4, -0.2) is 16.2 Å². The Hall–Kier alpha value is -0.887. The Labute approximate surface area is 102 Å². The predicted molar refractivity (Wildman–Crippen MR) is 55.4 cm³/mol. The second kappa shape index (κ2) is 4.76. The Balaban J connectivity index is 0.00000196. The zero-order valence-corrected chi connectivity index (χ0v) is 12.5. The van der Waals surface area contributed by atoms with E-state index in [0.717, 1.165) is 16.7 Å². The Morgan fingerprint density at radius 1 is 1.00 bits per heavy atom. The van der Waals surface area contributed by atoms with Crippen LogP contribution < -0.4 is 0 Å². The van der Waals surface area contributed by atoms with Gasteiger partial charge in [-0.05, 0) is 44.4 Å². The molecule has 1 aromatic carbocycles. The standard InChI is InChI=1S/C11H14O3.Zn/c1-5-6(2)8(4)10(12)9(7(5)3)11(13)14;/h12H,1-4H3,(H,13,14);/p+1. The van der Waals surface area contributed by atoms with E-state index in [4.69, 9.17) is 10.2 Å². The van der Waals surface area contributed by atoms with E-state index >= 15 is 0 Å². The minimum atomic E-state index is -1.02. The van der Waals surface area contributed by atoms with Gasteiger partial charge in [0.1, 0.15) is 0 Å². The van der Waals surface area contributed by atoms with E-state index in [-0.39, 0.29) is 30.8 Å². The molecule has 0 unspecified atom stereocenters. The predicted octanol–water partition coefficient (Wildman–Crippen LogP) is 2.05. The van der Waals surface area contributed by atoms with Gasteiger partial charge in [0.25, 0.3) is 5.75 Å². The van der Waals surface area contributed by atoms with Gasteiger partial charge < -0.3 is 10.2 Å². The molecule has 15 heavy (non-hydrogen) atoms. The summed E-state index contributed by atoms with van der Waals surface area (Å²) >= 11 is 0. The molecule has 3 N–H and O–H groups in total. The van der Waals surface area contributed by atoms with Crippen molar-refractivity contribution in [3.8, 4) is 5.75 Å². The van der Waals surface area contributed by atoms with E-state index in [1.807, 2.05) is 13.8 Å². The van der Waals surface area contributed by atoms with Crippen LogP contribution in [0.3, 0.4) is 0 Å². The largest absolute Gasteiger partial charge is 0.593 e. The Bertz CT molecular complexity index is 382. The molecule has 1 rings (SSSR count). The monoisotopic (exact) mass is 259 g/mol. The molecule has 0 saturated heterocycles. The maximum atomic E-state index is 10.9. The first kappa shape index (κ1) is 14.1. The average molecular weight is 261 g/mol. The van der Waals surface area contributed by atoms with Crippen LogP contribution in [0, 0.1) is 27.7 Å². The van der Waals surface area contributed by atoms with Crippen molar-refractivity contribution in [2.75, 3.05) is 0 Å². The number of rotatable bonds is 1. The van der Waals surface area contributed by atoms with Crippen LogP contribution in [0.4, 0.5) is 0 Å². The molecule has 0 fully saturated rings. The summed E-state index contributed by atoms with van der Waals surface area (Å²) in [7, 11) is 0. The van der Waals surface area contributed by atoms with E-state index in [1.165, 1.54) is 0 Å². The Morgan fingerprint density at radius 2 is 1.40 bits per heavy atom. The van der Waals surface area contributed by atoms with Crippen LogP contribution in [0.5, 0.6) is 5.75 Å². The summed E-state index contributed by atoms with van der Waals surface area (Å²) in [6.07, 6.45) is 0. The first-order valence-corrected chi connectivity index (χ1v) is 4.43. The molecule has 0 heterocycles. The van der Waals surface area contributed by atoms with Gasteiger partial charge in [-0.2, -0.15) is 0 Å². The Morgan fingerprint density at radius 3 is 1.80 bits per heavy atom. The third kappa shape index (κ3) is 2.20. The second-order valence-electron chi connectivity index (χ2n) is 3.56. The SMILES string of the molecule is Cc1c(C)c(C)c(C(=O)O)c([OH2+])c1C.[Zn]. The number of benzene rings is 1. The van der Waals surface area contributed by atoms with E-state index in [1.54, 1.807) is 13.8 Å². The minimum Gasteiger partial charge on any atom is -0.593 e. The van der Waals surface area contributed by atoms with Crippen molar-refractivity contribution in [2.45, 2.75) is 27.7 Å². The van der Waals surface area contributed by atoms with Crippen molar-refractivity contribution in [3.05, 3.63) is 27.8 Å². The smallest absolute Gasteiger partial charge is 0.345 e. The Kier molecular flexibility index (Phi) is 4.48. The molecule has 4 heteroatoms. The van der Waals surface area contributed by atoms with Gasteiger partial charge in [0.2, 0.25) is 0 Å². The quantitative estimate of drug-likeness (QED) is 0.621. The molecule has 0 amide bonds. The van der Waals surface area contributed by atoms with E-state index in [2.05, 4.69) is 0 Å². The zero-order valence-electron chi connectivity index (χ0n) is 9.56. The average Bonchev–Trinajstić information content (AvgIpc) is 2.11. The molecule has 0 atom stereocenters. The van der Waals surface area contributed by atoms with Gasteiger partial charge in [-0.25, -0.2) is 4.79 Å². The van der Waals surface area contributed by atoms with E-state index < -0.39 is 5.97 Å². The zero-order chi connectivity index (χ0) is 11.0. The third-order valence-corrected chi connectivity index (χ3v) is 2.90. The number of carbonyl (C=O) groups is 1. The van der Waals surface area contributed by atoms with Gasteiger partial charge in [0.15, 0.2) is 5.56 Å². The number of carboxylic acid groups (broad SMARTS) is 1. The fourth-order valence-electron chi connectivity index (χ4n) is 1.58. The van der Waals surface area contributed by atoms with Gasteiger partial charge in [-0.15, -0.1) is 0 Å². The molecule has 0 aliphatic heterocycles. The van der Waals surface area contributed by atoms with Crippen molar-refractivity contribution in [1.82, 2.24) is 0 Å². The van der Waals surface area contributed by atoms with Crippen LogP contribution in [0.25, 0.3) is 0 Å². The molecule has 0 aliphatic carbocycles. The molecule has 78 valence electrons. The summed E-state index contributed by atoms with van der Waals surface area (Å²) in [4.78, 5) is 10.9. The van der Waals surface area contributed by atoms with Crippen LogP contribution >= 0.6 is 0 Å². The summed E-state index contributed by atoms with van der Waals surface area (Å²) in [5.74, 6) is -0.878. The van der Waals surface area contributed by atoms with Crippen LogP contribution in [0.15, 0.2) is 0 Å². The molecular weight excluding hydrogens is 246 g/mol. The van der Waals surface area contributed by atoms with E-state index in [9.17, 15) is 4.79 Å². The molecule has 0 aromatic heterocycles. The number of hydrogen-bond acceptors (Lipinski definition) is 1. The summed E-state index contributed by atoms with van der Waals surface area (Å²) in [5, 5.41) is 16.7. The van der Waals surface area contributed by atoms with Crippen molar-refractivity contribution >= 4 is 5.97 Å². The van der Waals surface area contributed by atoms with Gasteiger partial charge in [0.05, 0.1) is 0 Å². The van der Waals surface area contributed by atoms with Crippen molar-refractivity contribution in [2.24, 2.45) is 0 Å². The topological polar surface area (TPSA) is 60.2 Å². The molecule has 3 nitrogen and oxygen atoms in total. The summed E-state index contributed by atoms with van der Waals surface area (Å²) in [6.45, 7) is 7.35. The molecule has 0 saturated carbocycles. The number of hydrogen-bond donors (Lipinski definition) is 1. The first-order valence-electron chi connectivity index (χ1n) is 4.43. The third-order valence-electron chi connectivity index (χ3n) is 2.90.